The van der Waals surface area contributed by atoms with Crippen LogP contribution in [-0.2, 0) is 6.54 Å². The molecule has 6 nitrogen and oxygen atoms in total. The van der Waals surface area contributed by atoms with Crippen LogP contribution >= 0.6 is 23.4 Å². The standard InChI is InChI=1S/C17H14ClN5OS/c18-13-7-2-1-6-12(13)16-20-22-23(21-16)10-5-11-25-17-19-14-8-3-4-9-15(14)24-17/h1-4,6-9H,5,10-11H2. The van der Waals surface area contributed by atoms with Crippen LogP contribution in [0.4, 0.5) is 0 Å². The monoisotopic (exact) mass is 371 g/mol. The summed E-state index contributed by atoms with van der Waals surface area (Å²) in [4.78, 5) is 6.03. The maximum Gasteiger partial charge on any atom is 0.256 e. The second-order valence-corrected chi connectivity index (χ2v) is 6.79. The fraction of sp³-hybridized carbons (Fsp3) is 0.176. The van der Waals surface area contributed by atoms with E-state index in [1.54, 1.807) is 16.6 Å². The van der Waals surface area contributed by atoms with E-state index in [-0.39, 0.29) is 0 Å². The molecule has 2 heterocycles. The maximum atomic E-state index is 6.16. The number of halogens is 1. The first-order chi connectivity index (χ1) is 12.3. The Hall–Kier alpha value is -2.38. The molecule has 25 heavy (non-hydrogen) atoms. The van der Waals surface area contributed by atoms with Gasteiger partial charge in [-0.25, -0.2) is 4.98 Å². The van der Waals surface area contributed by atoms with Crippen LogP contribution in [-0.4, -0.2) is 30.9 Å². The second kappa shape index (κ2) is 7.25. The maximum absolute atomic E-state index is 6.16. The zero-order chi connectivity index (χ0) is 17.1. The number of para-hydroxylation sites is 2. The van der Waals surface area contributed by atoms with Crippen molar-refractivity contribution in [2.75, 3.05) is 5.75 Å². The lowest BCUT2D eigenvalue weighted by Crippen LogP contribution is -2.03. The topological polar surface area (TPSA) is 69.6 Å². The number of benzene rings is 2. The number of fused-ring (bicyclic) bond motifs is 1. The molecule has 0 amide bonds. The van der Waals surface area contributed by atoms with E-state index in [4.69, 9.17) is 16.0 Å². The lowest BCUT2D eigenvalue weighted by Gasteiger charge is -1.98. The van der Waals surface area contributed by atoms with Crippen molar-refractivity contribution in [1.29, 1.82) is 0 Å². The first kappa shape index (κ1) is 16.1. The van der Waals surface area contributed by atoms with Gasteiger partial charge in [0.1, 0.15) is 5.52 Å². The zero-order valence-corrected chi connectivity index (χ0v) is 14.7. The predicted octanol–water partition coefficient (Wildman–Crippen LogP) is 4.32. The number of hydrogen-bond acceptors (Lipinski definition) is 6. The van der Waals surface area contributed by atoms with Crippen molar-refractivity contribution in [3.8, 4) is 11.4 Å². The predicted molar refractivity (Wildman–Crippen MR) is 97.6 cm³/mol. The third kappa shape index (κ3) is 3.67. The molecule has 0 saturated heterocycles. The first-order valence-electron chi connectivity index (χ1n) is 7.81. The lowest BCUT2D eigenvalue weighted by atomic mass is 10.2. The van der Waals surface area contributed by atoms with Crippen molar-refractivity contribution in [3.63, 3.8) is 0 Å². The van der Waals surface area contributed by atoms with Crippen LogP contribution in [0.3, 0.4) is 0 Å². The Morgan fingerprint density at radius 1 is 1.08 bits per heavy atom. The molecule has 0 unspecified atom stereocenters. The highest BCUT2D eigenvalue weighted by Gasteiger charge is 2.09. The lowest BCUT2D eigenvalue weighted by molar-refractivity contribution is 0.487. The molecular weight excluding hydrogens is 358 g/mol. The van der Waals surface area contributed by atoms with Gasteiger partial charge in [0.15, 0.2) is 5.58 Å². The quantitative estimate of drug-likeness (QED) is 0.371. The molecule has 2 aromatic carbocycles. The number of tetrazole rings is 1. The fourth-order valence-electron chi connectivity index (χ4n) is 2.37. The molecule has 0 fully saturated rings. The van der Waals surface area contributed by atoms with E-state index in [0.29, 0.717) is 22.6 Å². The summed E-state index contributed by atoms with van der Waals surface area (Å²) in [5, 5.41) is 13.8. The van der Waals surface area contributed by atoms with Gasteiger partial charge in [0.05, 0.1) is 11.6 Å². The number of aromatic nitrogens is 5. The SMILES string of the molecule is Clc1ccccc1-c1nnn(CCCSc2nc3ccccc3o2)n1. The van der Waals surface area contributed by atoms with Gasteiger partial charge in [-0.1, -0.05) is 47.6 Å². The molecule has 0 bridgehead atoms. The Balaban J connectivity index is 1.32. The first-order valence-corrected chi connectivity index (χ1v) is 9.17. The van der Waals surface area contributed by atoms with Gasteiger partial charge in [0, 0.05) is 11.3 Å². The molecule has 0 N–H and O–H groups in total. The molecule has 0 spiro atoms. The van der Waals surface area contributed by atoms with E-state index in [1.165, 1.54) is 0 Å². The number of rotatable bonds is 6. The summed E-state index contributed by atoms with van der Waals surface area (Å²) in [6.07, 6.45) is 0.877. The Bertz CT molecular complexity index is 966. The van der Waals surface area contributed by atoms with Gasteiger partial charge in [-0.15, -0.1) is 10.2 Å². The van der Waals surface area contributed by atoms with Crippen molar-refractivity contribution >= 4 is 34.5 Å². The van der Waals surface area contributed by atoms with Gasteiger partial charge in [-0.3, -0.25) is 0 Å². The molecule has 0 aliphatic carbocycles. The molecular formula is C17H14ClN5OS. The summed E-state index contributed by atoms with van der Waals surface area (Å²) < 4.78 is 5.68. The normalized spacial score (nSPS) is 11.2. The molecule has 0 radical (unpaired) electrons. The molecule has 8 heteroatoms. The molecule has 4 rings (SSSR count). The summed E-state index contributed by atoms with van der Waals surface area (Å²) in [6.45, 7) is 0.671. The van der Waals surface area contributed by atoms with Crippen LogP contribution in [0.2, 0.25) is 5.02 Å². The number of nitrogens with zero attached hydrogens (tertiary/aromatic N) is 5. The van der Waals surface area contributed by atoms with Crippen LogP contribution in [0.1, 0.15) is 6.42 Å². The van der Waals surface area contributed by atoms with Gasteiger partial charge in [0.25, 0.3) is 5.22 Å². The van der Waals surface area contributed by atoms with Crippen molar-refractivity contribution < 1.29 is 4.42 Å². The minimum absolute atomic E-state index is 0.539. The average molecular weight is 372 g/mol. The van der Waals surface area contributed by atoms with Gasteiger partial charge < -0.3 is 4.42 Å². The molecule has 4 aromatic rings. The van der Waals surface area contributed by atoms with Gasteiger partial charge in [-0.05, 0) is 35.9 Å². The number of oxazole rings is 1. The highest BCUT2D eigenvalue weighted by Crippen LogP contribution is 2.25. The Morgan fingerprint density at radius 3 is 2.80 bits per heavy atom. The Labute approximate surface area is 153 Å². The van der Waals surface area contributed by atoms with Crippen LogP contribution in [0.15, 0.2) is 58.2 Å². The van der Waals surface area contributed by atoms with E-state index in [1.807, 2.05) is 48.5 Å². The second-order valence-electron chi connectivity index (χ2n) is 5.34. The largest absolute Gasteiger partial charge is 0.431 e. The minimum atomic E-state index is 0.539. The molecule has 0 saturated carbocycles. The highest BCUT2D eigenvalue weighted by atomic mass is 35.5. The van der Waals surface area contributed by atoms with E-state index in [0.717, 1.165) is 28.8 Å². The molecule has 0 atom stereocenters. The van der Waals surface area contributed by atoms with Crippen LogP contribution in [0.25, 0.3) is 22.5 Å². The number of hydrogen-bond donors (Lipinski definition) is 0. The number of aryl methyl sites for hydroxylation is 1. The van der Waals surface area contributed by atoms with E-state index >= 15 is 0 Å². The van der Waals surface area contributed by atoms with Crippen LogP contribution < -0.4 is 0 Å². The number of thioether (sulfide) groups is 1. The smallest absolute Gasteiger partial charge is 0.256 e. The zero-order valence-electron chi connectivity index (χ0n) is 13.2. The molecule has 0 aliphatic rings. The van der Waals surface area contributed by atoms with E-state index < -0.39 is 0 Å². The Morgan fingerprint density at radius 2 is 1.92 bits per heavy atom. The Kier molecular flexibility index (Phi) is 4.67. The van der Waals surface area contributed by atoms with Gasteiger partial charge in [-0.2, -0.15) is 4.80 Å². The molecule has 126 valence electrons. The summed E-state index contributed by atoms with van der Waals surface area (Å²) in [6, 6.07) is 15.2. The van der Waals surface area contributed by atoms with Crippen molar-refractivity contribution in [1.82, 2.24) is 25.2 Å². The van der Waals surface area contributed by atoms with Crippen molar-refractivity contribution in [2.24, 2.45) is 0 Å². The molecule has 0 aliphatic heterocycles. The van der Waals surface area contributed by atoms with Crippen molar-refractivity contribution in [3.05, 3.63) is 53.6 Å². The summed E-state index contributed by atoms with van der Waals surface area (Å²) >= 11 is 7.74. The van der Waals surface area contributed by atoms with Gasteiger partial charge in [0.2, 0.25) is 5.82 Å². The highest BCUT2D eigenvalue weighted by molar-refractivity contribution is 7.99. The van der Waals surface area contributed by atoms with Crippen molar-refractivity contribution in [2.45, 2.75) is 18.2 Å². The molecule has 2 aromatic heterocycles. The van der Waals surface area contributed by atoms with E-state index in [2.05, 4.69) is 20.4 Å². The average Bonchev–Trinajstić information content (AvgIpc) is 3.25. The van der Waals surface area contributed by atoms with E-state index in [9.17, 15) is 0 Å². The van der Waals surface area contributed by atoms with Gasteiger partial charge >= 0.3 is 0 Å². The third-order valence-corrected chi connectivity index (χ3v) is 4.81. The minimum Gasteiger partial charge on any atom is -0.431 e. The summed E-state index contributed by atoms with van der Waals surface area (Å²) in [5.41, 5.74) is 2.48. The fourth-order valence-corrected chi connectivity index (χ4v) is 3.35. The summed E-state index contributed by atoms with van der Waals surface area (Å²) in [7, 11) is 0. The van der Waals surface area contributed by atoms with Crippen LogP contribution in [0, 0.1) is 0 Å². The third-order valence-electron chi connectivity index (χ3n) is 3.57. The van der Waals surface area contributed by atoms with Crippen LogP contribution in [0.5, 0.6) is 0 Å². The summed E-state index contributed by atoms with van der Waals surface area (Å²) in [5.74, 6) is 1.40.